The summed E-state index contributed by atoms with van der Waals surface area (Å²) in [6, 6.07) is 8.32. The number of nitrogens with zero attached hydrogens (tertiary/aromatic N) is 4. The minimum absolute atomic E-state index is 0. The average molecular weight is 458 g/mol. The molecule has 0 atom stereocenters. The molecule has 138 valence electrons. The molecular weight excluding hydrogens is 431 g/mol. The van der Waals surface area contributed by atoms with Gasteiger partial charge in [-0.05, 0) is 11.1 Å². The van der Waals surface area contributed by atoms with Crippen LogP contribution in [-0.2, 0) is 30.9 Å². The monoisotopic (exact) mass is 458 g/mol. The van der Waals surface area contributed by atoms with E-state index in [1.54, 1.807) is 20.5 Å². The van der Waals surface area contributed by atoms with Gasteiger partial charge in [0.1, 0.15) is 12.2 Å². The maximum absolute atomic E-state index is 5.17. The van der Waals surface area contributed by atoms with Crippen LogP contribution in [0.5, 0.6) is 0 Å². The van der Waals surface area contributed by atoms with Gasteiger partial charge in [0, 0.05) is 40.2 Å². The third-order valence-corrected chi connectivity index (χ3v) is 3.64. The summed E-state index contributed by atoms with van der Waals surface area (Å²) >= 11 is 0. The zero-order chi connectivity index (χ0) is 17.2. The second-order valence-corrected chi connectivity index (χ2v) is 5.40. The lowest BCUT2D eigenvalue weighted by molar-refractivity contribution is 0.185. The van der Waals surface area contributed by atoms with Crippen LogP contribution in [0.15, 0.2) is 35.6 Å². The number of halogens is 1. The summed E-state index contributed by atoms with van der Waals surface area (Å²) in [7, 11) is 3.48. The molecule has 0 saturated carbocycles. The predicted molar refractivity (Wildman–Crippen MR) is 110 cm³/mol. The van der Waals surface area contributed by atoms with E-state index in [9.17, 15) is 0 Å². The standard InChI is InChI=1S/C17H26N6O.HI/c1-4-16-22-21-13-23(16)9-8-19-17(18-2)20-11-14-6-5-7-15(10-14)12-24-3;/h5-7,10,13H,4,8-9,11-12H2,1-3H3,(H2,18,19,20);1H. The first-order chi connectivity index (χ1) is 11.8. The van der Waals surface area contributed by atoms with E-state index in [2.05, 4.69) is 55.5 Å². The number of aromatic nitrogens is 3. The van der Waals surface area contributed by atoms with E-state index in [-0.39, 0.29) is 24.0 Å². The summed E-state index contributed by atoms with van der Waals surface area (Å²) in [6.45, 7) is 4.98. The van der Waals surface area contributed by atoms with E-state index in [1.807, 2.05) is 6.07 Å². The maximum Gasteiger partial charge on any atom is 0.191 e. The number of ether oxygens (including phenoxy) is 1. The van der Waals surface area contributed by atoms with Gasteiger partial charge in [0.2, 0.25) is 0 Å². The first-order valence-electron chi connectivity index (χ1n) is 8.14. The molecule has 1 aromatic carbocycles. The Labute approximate surface area is 166 Å². The minimum atomic E-state index is 0. The van der Waals surface area contributed by atoms with Crippen molar-refractivity contribution in [2.75, 3.05) is 20.7 Å². The van der Waals surface area contributed by atoms with Crippen molar-refractivity contribution in [2.24, 2.45) is 4.99 Å². The molecule has 2 aromatic rings. The summed E-state index contributed by atoms with van der Waals surface area (Å²) in [5, 5.41) is 14.6. The average Bonchev–Trinajstić information content (AvgIpc) is 3.06. The highest BCUT2D eigenvalue weighted by molar-refractivity contribution is 14.0. The van der Waals surface area contributed by atoms with Crippen LogP contribution in [0.1, 0.15) is 23.9 Å². The Bertz CT molecular complexity index is 658. The Morgan fingerprint density at radius 1 is 1.28 bits per heavy atom. The molecule has 7 nitrogen and oxygen atoms in total. The Balaban J connectivity index is 0.00000312. The second-order valence-electron chi connectivity index (χ2n) is 5.40. The van der Waals surface area contributed by atoms with E-state index in [1.165, 1.54) is 11.1 Å². The van der Waals surface area contributed by atoms with Gasteiger partial charge in [-0.2, -0.15) is 0 Å². The van der Waals surface area contributed by atoms with Crippen molar-refractivity contribution in [3.63, 3.8) is 0 Å². The van der Waals surface area contributed by atoms with Crippen molar-refractivity contribution in [3.8, 4) is 0 Å². The number of benzene rings is 1. The minimum Gasteiger partial charge on any atom is -0.380 e. The number of guanidine groups is 1. The smallest absolute Gasteiger partial charge is 0.191 e. The number of rotatable bonds is 8. The van der Waals surface area contributed by atoms with Gasteiger partial charge in [-0.25, -0.2) is 0 Å². The highest BCUT2D eigenvalue weighted by atomic mass is 127. The van der Waals surface area contributed by atoms with E-state index in [0.717, 1.165) is 31.3 Å². The number of methoxy groups -OCH3 is 1. The lowest BCUT2D eigenvalue weighted by Crippen LogP contribution is -2.38. The largest absolute Gasteiger partial charge is 0.380 e. The van der Waals surface area contributed by atoms with E-state index >= 15 is 0 Å². The molecule has 0 aliphatic heterocycles. The van der Waals surface area contributed by atoms with Crippen LogP contribution in [0, 0.1) is 0 Å². The lowest BCUT2D eigenvalue weighted by Gasteiger charge is -2.13. The van der Waals surface area contributed by atoms with Crippen LogP contribution in [0.25, 0.3) is 0 Å². The third-order valence-electron chi connectivity index (χ3n) is 3.64. The molecule has 8 heteroatoms. The molecule has 25 heavy (non-hydrogen) atoms. The highest BCUT2D eigenvalue weighted by Gasteiger charge is 2.03. The third kappa shape index (κ3) is 6.99. The van der Waals surface area contributed by atoms with Crippen LogP contribution in [0.3, 0.4) is 0 Å². The molecule has 0 unspecified atom stereocenters. The summed E-state index contributed by atoms with van der Waals surface area (Å²) in [6.07, 6.45) is 2.64. The van der Waals surface area contributed by atoms with E-state index in [4.69, 9.17) is 4.74 Å². The summed E-state index contributed by atoms with van der Waals surface area (Å²) < 4.78 is 7.22. The van der Waals surface area contributed by atoms with Crippen LogP contribution >= 0.6 is 24.0 Å². The van der Waals surface area contributed by atoms with Gasteiger partial charge in [-0.3, -0.25) is 4.99 Å². The first-order valence-corrected chi connectivity index (χ1v) is 8.14. The maximum atomic E-state index is 5.17. The summed E-state index contributed by atoms with van der Waals surface area (Å²) in [4.78, 5) is 4.25. The lowest BCUT2D eigenvalue weighted by atomic mass is 10.1. The van der Waals surface area contributed by atoms with Gasteiger partial charge in [-0.1, -0.05) is 31.2 Å². The Kier molecular flexibility index (Phi) is 10.1. The fourth-order valence-electron chi connectivity index (χ4n) is 2.44. The van der Waals surface area contributed by atoms with Crippen molar-refractivity contribution >= 4 is 29.9 Å². The van der Waals surface area contributed by atoms with Crippen LogP contribution in [0.2, 0.25) is 0 Å². The fraction of sp³-hybridized carbons (Fsp3) is 0.471. The molecule has 1 heterocycles. The molecule has 0 fully saturated rings. The molecule has 0 radical (unpaired) electrons. The zero-order valence-corrected chi connectivity index (χ0v) is 17.4. The highest BCUT2D eigenvalue weighted by Crippen LogP contribution is 2.06. The second kappa shape index (κ2) is 11.8. The molecule has 0 bridgehead atoms. The zero-order valence-electron chi connectivity index (χ0n) is 15.0. The fourth-order valence-corrected chi connectivity index (χ4v) is 2.44. The predicted octanol–water partition coefficient (Wildman–Crippen LogP) is 1.97. The van der Waals surface area contributed by atoms with Crippen molar-refractivity contribution in [1.82, 2.24) is 25.4 Å². The van der Waals surface area contributed by atoms with E-state index in [0.29, 0.717) is 13.2 Å². The Morgan fingerprint density at radius 3 is 2.80 bits per heavy atom. The van der Waals surface area contributed by atoms with Crippen molar-refractivity contribution in [1.29, 1.82) is 0 Å². The quantitative estimate of drug-likeness (QED) is 0.360. The molecule has 0 amide bonds. The van der Waals surface area contributed by atoms with E-state index < -0.39 is 0 Å². The van der Waals surface area contributed by atoms with Gasteiger partial charge in [-0.15, -0.1) is 34.2 Å². The normalized spacial score (nSPS) is 11.1. The molecule has 2 N–H and O–H groups in total. The Hall–Kier alpha value is -1.68. The molecule has 1 aromatic heterocycles. The Morgan fingerprint density at radius 2 is 2.08 bits per heavy atom. The topological polar surface area (TPSA) is 76.4 Å². The van der Waals surface area contributed by atoms with Gasteiger partial charge in [0.15, 0.2) is 5.96 Å². The molecule has 0 aliphatic carbocycles. The molecular formula is C17H27IN6O. The number of hydrogen-bond acceptors (Lipinski definition) is 4. The first kappa shape index (κ1) is 21.4. The van der Waals surface area contributed by atoms with Gasteiger partial charge in [0.25, 0.3) is 0 Å². The van der Waals surface area contributed by atoms with Crippen LogP contribution in [0.4, 0.5) is 0 Å². The van der Waals surface area contributed by atoms with Crippen molar-refractivity contribution in [2.45, 2.75) is 33.0 Å². The molecule has 0 spiro atoms. The number of hydrogen-bond donors (Lipinski definition) is 2. The van der Waals surface area contributed by atoms with Gasteiger partial charge < -0.3 is 19.9 Å². The van der Waals surface area contributed by atoms with Crippen molar-refractivity contribution in [3.05, 3.63) is 47.5 Å². The number of aryl methyl sites for hydroxylation is 1. The van der Waals surface area contributed by atoms with Crippen LogP contribution < -0.4 is 10.6 Å². The van der Waals surface area contributed by atoms with Crippen LogP contribution in [-0.4, -0.2) is 41.4 Å². The molecule has 0 saturated heterocycles. The van der Waals surface area contributed by atoms with Gasteiger partial charge in [0.05, 0.1) is 6.61 Å². The summed E-state index contributed by atoms with van der Waals surface area (Å²) in [5.41, 5.74) is 2.36. The molecule has 2 rings (SSSR count). The van der Waals surface area contributed by atoms with Crippen molar-refractivity contribution < 1.29 is 4.74 Å². The molecule has 0 aliphatic rings. The number of aliphatic imine (C=N–C) groups is 1. The summed E-state index contributed by atoms with van der Waals surface area (Å²) in [5.74, 6) is 1.77. The SMILES string of the molecule is CCc1nncn1CCNC(=NC)NCc1cccc(COC)c1.I. The van der Waals surface area contributed by atoms with Gasteiger partial charge >= 0.3 is 0 Å². The number of nitrogens with one attached hydrogen (secondary N) is 2.